The van der Waals surface area contributed by atoms with E-state index in [1.807, 2.05) is 37.4 Å². The van der Waals surface area contributed by atoms with Crippen molar-refractivity contribution in [3.63, 3.8) is 0 Å². The number of aryl methyl sites for hydroxylation is 2. The van der Waals surface area contributed by atoms with Crippen LogP contribution >= 0.6 is 11.6 Å². The minimum atomic E-state index is -0.0348. The molecule has 0 aliphatic carbocycles. The summed E-state index contributed by atoms with van der Waals surface area (Å²) < 4.78 is 13.0. The third-order valence-corrected chi connectivity index (χ3v) is 5.61. The molecule has 30 heavy (non-hydrogen) atoms. The fourth-order valence-electron chi connectivity index (χ4n) is 3.84. The summed E-state index contributed by atoms with van der Waals surface area (Å²) in [6, 6.07) is 10.0. The number of imidazole rings is 1. The number of para-hydroxylation sites is 2. The van der Waals surface area contributed by atoms with Gasteiger partial charge in [-0.2, -0.15) is 4.98 Å². The lowest BCUT2D eigenvalue weighted by atomic mass is 10.2. The van der Waals surface area contributed by atoms with Gasteiger partial charge in [0.1, 0.15) is 11.6 Å². The molecule has 154 valence electrons. The minimum absolute atomic E-state index is 0.0348. The molecule has 4 aromatic rings. The predicted molar refractivity (Wildman–Crippen MR) is 114 cm³/mol. The highest BCUT2D eigenvalue weighted by Gasteiger charge is 2.24. The Kier molecular flexibility index (Phi) is 4.88. The van der Waals surface area contributed by atoms with Gasteiger partial charge in [-0.1, -0.05) is 28.9 Å². The van der Waals surface area contributed by atoms with Crippen molar-refractivity contribution >= 4 is 28.5 Å². The molecule has 0 bridgehead atoms. The summed E-state index contributed by atoms with van der Waals surface area (Å²) in [5.41, 5.74) is 2.85. The minimum Gasteiger partial charge on any atom is -0.374 e. The molecule has 1 atom stereocenters. The summed E-state index contributed by atoms with van der Waals surface area (Å²) in [5.74, 6) is 2.88. The number of pyridine rings is 1. The van der Waals surface area contributed by atoms with Crippen LogP contribution < -0.4 is 4.90 Å². The first-order chi connectivity index (χ1) is 14.6. The van der Waals surface area contributed by atoms with E-state index in [0.29, 0.717) is 36.3 Å². The Morgan fingerprint density at radius 2 is 2.10 bits per heavy atom. The van der Waals surface area contributed by atoms with Crippen LogP contribution in [0.15, 0.2) is 41.1 Å². The first kappa shape index (κ1) is 19.0. The number of fused-ring (bicyclic) bond motifs is 1. The number of anilines is 1. The van der Waals surface area contributed by atoms with Gasteiger partial charge in [0, 0.05) is 45.2 Å². The lowest BCUT2D eigenvalue weighted by Crippen LogP contribution is -2.44. The molecule has 0 radical (unpaired) electrons. The molecule has 1 unspecified atom stereocenters. The highest BCUT2D eigenvalue weighted by atomic mass is 35.5. The zero-order chi connectivity index (χ0) is 20.7. The molecule has 1 aliphatic heterocycles. The van der Waals surface area contributed by atoms with Crippen molar-refractivity contribution in [2.75, 3.05) is 24.6 Å². The Morgan fingerprint density at radius 1 is 1.23 bits per heavy atom. The van der Waals surface area contributed by atoms with Crippen molar-refractivity contribution in [2.45, 2.75) is 19.4 Å². The third-order valence-electron chi connectivity index (χ3n) is 5.31. The second-order valence-electron chi connectivity index (χ2n) is 7.38. The standard InChI is InChI=1S/C21H21ClN6O2/c1-13-24-19(26-30-13)9-14-12-28(7-8-29-14)20-10-15(16(22)11-23-20)21-25-17-5-3-4-6-18(17)27(21)2/h3-6,10-11,14H,7-9,12H2,1-2H3. The van der Waals surface area contributed by atoms with Crippen molar-refractivity contribution in [1.82, 2.24) is 24.7 Å². The van der Waals surface area contributed by atoms with Gasteiger partial charge in [0.15, 0.2) is 5.82 Å². The van der Waals surface area contributed by atoms with E-state index in [2.05, 4.69) is 24.6 Å². The molecule has 9 heteroatoms. The second kappa shape index (κ2) is 7.70. The fraction of sp³-hybridized carbons (Fsp3) is 0.333. The molecule has 4 heterocycles. The van der Waals surface area contributed by atoms with Gasteiger partial charge in [0.25, 0.3) is 0 Å². The average molecular weight is 425 g/mol. The van der Waals surface area contributed by atoms with Crippen LogP contribution in [-0.4, -0.2) is 50.5 Å². The maximum atomic E-state index is 6.52. The topological polar surface area (TPSA) is 82.1 Å². The third kappa shape index (κ3) is 3.53. The van der Waals surface area contributed by atoms with E-state index in [1.165, 1.54) is 0 Å². The summed E-state index contributed by atoms with van der Waals surface area (Å²) in [7, 11) is 2.00. The van der Waals surface area contributed by atoms with Gasteiger partial charge in [-0.3, -0.25) is 0 Å². The summed E-state index contributed by atoms with van der Waals surface area (Å²) in [4.78, 5) is 15.8. The monoisotopic (exact) mass is 424 g/mol. The normalized spacial score (nSPS) is 17.0. The number of nitrogens with zero attached hydrogens (tertiary/aromatic N) is 6. The molecule has 0 amide bonds. The van der Waals surface area contributed by atoms with Gasteiger partial charge in [-0.05, 0) is 18.2 Å². The molecule has 1 aliphatic rings. The van der Waals surface area contributed by atoms with Crippen molar-refractivity contribution in [2.24, 2.45) is 7.05 Å². The van der Waals surface area contributed by atoms with Crippen molar-refractivity contribution in [3.8, 4) is 11.4 Å². The van der Waals surface area contributed by atoms with E-state index in [0.717, 1.165) is 34.8 Å². The second-order valence-corrected chi connectivity index (χ2v) is 7.79. The fourth-order valence-corrected chi connectivity index (χ4v) is 4.03. The van der Waals surface area contributed by atoms with Crippen LogP contribution in [0.3, 0.4) is 0 Å². The molecule has 5 rings (SSSR count). The van der Waals surface area contributed by atoms with Crippen LogP contribution in [0.5, 0.6) is 0 Å². The van der Waals surface area contributed by atoms with Crippen molar-refractivity contribution in [3.05, 3.63) is 53.3 Å². The molecular formula is C21H21ClN6O2. The molecule has 1 saturated heterocycles. The Bertz CT molecular complexity index is 1200. The molecule has 8 nitrogen and oxygen atoms in total. The van der Waals surface area contributed by atoms with Gasteiger partial charge < -0.3 is 18.7 Å². The molecule has 3 aromatic heterocycles. The summed E-state index contributed by atoms with van der Waals surface area (Å²) >= 11 is 6.52. The van der Waals surface area contributed by atoms with Crippen LogP contribution in [-0.2, 0) is 18.2 Å². The van der Waals surface area contributed by atoms with Crippen LogP contribution in [0.2, 0.25) is 5.02 Å². The number of rotatable bonds is 4. The number of benzene rings is 1. The van der Waals surface area contributed by atoms with Crippen LogP contribution in [0.1, 0.15) is 11.7 Å². The number of aromatic nitrogens is 5. The number of hydrogen-bond acceptors (Lipinski definition) is 7. The highest BCUT2D eigenvalue weighted by molar-refractivity contribution is 6.33. The molecule has 0 N–H and O–H groups in total. The molecular weight excluding hydrogens is 404 g/mol. The summed E-state index contributed by atoms with van der Waals surface area (Å²) in [6.45, 7) is 3.82. The van der Waals surface area contributed by atoms with Gasteiger partial charge in [0.2, 0.25) is 5.89 Å². The average Bonchev–Trinajstić information content (AvgIpc) is 3.31. The number of hydrogen-bond donors (Lipinski definition) is 0. The maximum Gasteiger partial charge on any atom is 0.223 e. The molecule has 1 aromatic carbocycles. The lowest BCUT2D eigenvalue weighted by molar-refractivity contribution is 0.0392. The van der Waals surface area contributed by atoms with Crippen LogP contribution in [0, 0.1) is 6.92 Å². The van der Waals surface area contributed by atoms with E-state index < -0.39 is 0 Å². The van der Waals surface area contributed by atoms with Gasteiger partial charge in [0.05, 0.1) is 28.8 Å². The summed E-state index contributed by atoms with van der Waals surface area (Å²) in [6.07, 6.45) is 2.25. The number of halogens is 1. The predicted octanol–water partition coefficient (Wildman–Crippen LogP) is 3.43. The molecule has 0 saturated carbocycles. The van der Waals surface area contributed by atoms with E-state index in [-0.39, 0.29) is 6.10 Å². The Hall–Kier alpha value is -2.97. The smallest absolute Gasteiger partial charge is 0.223 e. The molecule has 0 spiro atoms. The van der Waals surface area contributed by atoms with Gasteiger partial charge >= 0.3 is 0 Å². The van der Waals surface area contributed by atoms with Crippen LogP contribution in [0.4, 0.5) is 5.82 Å². The summed E-state index contributed by atoms with van der Waals surface area (Å²) in [5, 5.41) is 4.55. The van der Waals surface area contributed by atoms with Gasteiger partial charge in [-0.15, -0.1) is 0 Å². The Labute approximate surface area is 178 Å². The Morgan fingerprint density at radius 3 is 2.90 bits per heavy atom. The SMILES string of the molecule is Cc1nc(CC2CN(c3cc(-c4nc5ccccc5n4C)c(Cl)cn3)CCO2)no1. The number of ether oxygens (including phenoxy) is 1. The first-order valence-corrected chi connectivity index (χ1v) is 10.2. The zero-order valence-electron chi connectivity index (χ0n) is 16.7. The van der Waals surface area contributed by atoms with Gasteiger partial charge in [-0.25, -0.2) is 9.97 Å². The number of morpholine rings is 1. The van der Waals surface area contributed by atoms with Crippen molar-refractivity contribution in [1.29, 1.82) is 0 Å². The van der Waals surface area contributed by atoms with Crippen molar-refractivity contribution < 1.29 is 9.26 Å². The molecule has 1 fully saturated rings. The van der Waals surface area contributed by atoms with E-state index >= 15 is 0 Å². The highest BCUT2D eigenvalue weighted by Crippen LogP contribution is 2.32. The largest absolute Gasteiger partial charge is 0.374 e. The maximum absolute atomic E-state index is 6.52. The van der Waals surface area contributed by atoms with E-state index in [1.54, 1.807) is 13.1 Å². The van der Waals surface area contributed by atoms with E-state index in [4.69, 9.17) is 25.8 Å². The first-order valence-electron chi connectivity index (χ1n) is 9.81. The quantitative estimate of drug-likeness (QED) is 0.496. The zero-order valence-corrected chi connectivity index (χ0v) is 17.5. The van der Waals surface area contributed by atoms with Crippen LogP contribution in [0.25, 0.3) is 22.4 Å². The lowest BCUT2D eigenvalue weighted by Gasteiger charge is -2.33. The Balaban J connectivity index is 1.43. The van der Waals surface area contributed by atoms with E-state index in [9.17, 15) is 0 Å².